The van der Waals surface area contributed by atoms with Gasteiger partial charge in [-0.25, -0.2) is 8.78 Å². The van der Waals surface area contributed by atoms with Crippen molar-refractivity contribution in [3.8, 4) is 0 Å². The van der Waals surface area contributed by atoms with E-state index in [4.69, 9.17) is 0 Å². The zero-order chi connectivity index (χ0) is 123. The molecule has 0 aliphatic rings. The van der Waals surface area contributed by atoms with Crippen LogP contribution < -0.4 is 0 Å². The van der Waals surface area contributed by atoms with Gasteiger partial charge in [0.1, 0.15) is 0 Å². The molecule has 0 saturated carbocycles. The molecule has 0 spiro atoms. The summed E-state index contributed by atoms with van der Waals surface area (Å²) in [6.45, 7) is 0. The van der Waals surface area contributed by atoms with Crippen LogP contribution in [0.3, 0.4) is 0 Å². The van der Waals surface area contributed by atoms with E-state index in [1.54, 1.807) is 0 Å². The van der Waals surface area contributed by atoms with Crippen molar-refractivity contribution in [1.29, 1.82) is 0 Å². The van der Waals surface area contributed by atoms with Crippen LogP contribution in [0.5, 0.6) is 0 Å². The molecule has 105 heteroatoms. The van der Waals surface area contributed by atoms with Crippen molar-refractivity contribution < 1.29 is 466 Å². The molecule has 0 fully saturated rings. The van der Waals surface area contributed by atoms with Crippen LogP contribution in [-0.4, -0.2) is 273 Å². The Morgan fingerprint density at radius 1 is 0.0933 bits per heavy atom. The summed E-state index contributed by atoms with van der Waals surface area (Å²) >= 11 is 0. The first-order valence-corrected chi connectivity index (χ1v) is 30.6. The van der Waals surface area contributed by atoms with Gasteiger partial charge in [-0.05, 0) is 0 Å². The van der Waals surface area contributed by atoms with Crippen LogP contribution in [0.2, 0.25) is 0 Å². The fourth-order valence-electron chi connectivity index (χ4n) is 7.40. The average Bonchev–Trinajstić information content (AvgIpc) is 0.697. The summed E-state index contributed by atoms with van der Waals surface area (Å²) in [6, 6.07) is 0. The molecular weight excluding hydrogens is 2490 g/mol. The third-order valence-electron chi connectivity index (χ3n) is 14.5. The van der Waals surface area contributed by atoms with E-state index in [0.29, 0.717) is 18.9 Å². The molecule has 15 atom stereocenters. The fourth-order valence-corrected chi connectivity index (χ4v) is 7.40. The maximum atomic E-state index is 15.4. The van der Waals surface area contributed by atoms with E-state index in [0.717, 1.165) is 9.62 Å². The van der Waals surface area contributed by atoms with Gasteiger partial charge >= 0.3 is 260 Å². The molecule has 0 aromatic carbocycles. The fraction of sp³-hybridized carbons (Fsp3) is 1.00. The smallest absolute Gasteiger partial charge is 0.265 e. The van der Waals surface area contributed by atoms with E-state index >= 15 is 96.6 Å². The van der Waals surface area contributed by atoms with E-state index in [9.17, 15) is 299 Å². The molecular formula is C45H2F90O15. The zero-order valence-electron chi connectivity index (χ0n) is 62.8. The number of halogens is 90. The lowest BCUT2D eigenvalue weighted by Crippen LogP contribution is -2.74. The summed E-state index contributed by atoms with van der Waals surface area (Å²) in [4.78, 5) is 2.23. The molecule has 15 nitrogen and oxygen atoms in total. The van der Waals surface area contributed by atoms with Gasteiger partial charge in [-0.2, -0.15) is 396 Å². The van der Waals surface area contributed by atoms with E-state index in [-0.39, 0.29) is 37.9 Å². The van der Waals surface area contributed by atoms with Crippen LogP contribution in [0.4, 0.5) is 395 Å². The van der Waals surface area contributed by atoms with Gasteiger partial charge in [0, 0.05) is 0 Å². The number of alkyl halides is 90. The molecule has 0 radical (unpaired) electrons. The largest absolute Gasteiger partial charge is 0.458 e. The minimum absolute atomic E-state index is 0.0997. The summed E-state index contributed by atoms with van der Waals surface area (Å²) in [7, 11) is 0. The molecule has 15 unspecified atom stereocenters. The summed E-state index contributed by atoms with van der Waals surface area (Å²) in [5, 5.41) is 0. The standard InChI is InChI=1S/C45H2F90O15/c46-1(3(48,49)50)5(54,55)136-7(58,20(71,72)73)33(110,111)137-8(59,21(74,75)76)34(112,113)138-9(60,22(77,78)79)35(114,115)139-10(61,23(80,81)82)36(116,117)140-11(62,24(83,84)85)37(118,119)141-12(63,25(86,87)88)38(120,121)142-13(64,26(89,90)91)39(122,123)143-14(65,27(92,93)94)40(124,125)144-15(66,28(95,96)97)41(126,127)145-16(67,29(98,99)100)42(128,129)146-17(68,30(101,102)103)43(130,131)147-18(69,31(104,105)106)44(132,133)148-19(70,32(107,108)109)45(134,135)150-149-6(56,57)2(47)4(51,52)53/h1-2H. The van der Waals surface area contributed by atoms with Gasteiger partial charge in [0.2, 0.25) is 0 Å². The quantitative estimate of drug-likeness (QED) is 0.0325. The van der Waals surface area contributed by atoms with Gasteiger partial charge < -0.3 is 0 Å². The maximum Gasteiger partial charge on any atom is 0.458 e. The summed E-state index contributed by atoms with van der Waals surface area (Å²) in [5.41, 5.74) is 0. The molecule has 0 aliphatic carbocycles. The second-order valence-electron chi connectivity index (χ2n) is 25.4. The maximum absolute atomic E-state index is 15.4. The first-order chi connectivity index (χ1) is 63.2. The van der Waals surface area contributed by atoms with Crippen molar-refractivity contribution in [2.24, 2.45) is 0 Å². The molecule has 0 aromatic heterocycles. The third kappa shape index (κ3) is 24.5. The predicted molar refractivity (Wildman–Crippen MR) is 241 cm³/mol. The Hall–Kier alpha value is -6.90. The second kappa shape index (κ2) is 38.2. The van der Waals surface area contributed by atoms with Crippen LogP contribution >= 0.6 is 0 Å². The van der Waals surface area contributed by atoms with Gasteiger partial charge in [-0.15, -0.1) is 0 Å². The molecule has 0 aromatic rings. The van der Waals surface area contributed by atoms with Crippen LogP contribution in [0.15, 0.2) is 0 Å². The van der Waals surface area contributed by atoms with E-state index in [2.05, 4.69) is 0 Å². The molecule has 0 aliphatic heterocycles. The predicted octanol–water partition coefficient (Wildman–Crippen LogP) is 27.8. The number of rotatable bonds is 44. The number of hydrogen-bond donors (Lipinski definition) is 0. The molecule has 902 valence electrons. The number of hydrogen-bond acceptors (Lipinski definition) is 15. The summed E-state index contributed by atoms with van der Waals surface area (Å²) in [5.74, 6) is -137. The van der Waals surface area contributed by atoms with Crippen LogP contribution in [-0.2, 0) is 71.4 Å². The van der Waals surface area contributed by atoms with Crippen molar-refractivity contribution in [1.82, 2.24) is 0 Å². The van der Waals surface area contributed by atoms with Gasteiger partial charge in [-0.1, -0.05) is 0 Å². The highest BCUT2D eigenvalue weighted by atomic mass is 19.5. The molecule has 0 N–H and O–H groups in total. The molecule has 0 amide bonds. The topological polar surface area (TPSA) is 138 Å². The highest BCUT2D eigenvalue weighted by Gasteiger charge is 2.99. The Morgan fingerprint density at radius 3 is 0.260 bits per heavy atom. The molecule has 0 saturated heterocycles. The summed E-state index contributed by atoms with van der Waals surface area (Å²) in [6.07, 6.45) is -312. The Balaban J connectivity index is 9.23. The van der Waals surface area contributed by atoms with Crippen LogP contribution in [0.1, 0.15) is 0 Å². The zero-order valence-corrected chi connectivity index (χ0v) is 62.8. The lowest BCUT2D eigenvalue weighted by Gasteiger charge is -2.46. The Bertz CT molecular complexity index is 4350. The minimum atomic E-state index is -10.9. The van der Waals surface area contributed by atoms with Crippen molar-refractivity contribution in [2.75, 3.05) is 0 Å². The molecule has 0 heterocycles. The van der Waals surface area contributed by atoms with Crippen LogP contribution in [0, 0.1) is 0 Å². The number of ether oxygens (including phenoxy) is 13. The van der Waals surface area contributed by atoms with Gasteiger partial charge in [0.15, 0.2) is 0 Å². The van der Waals surface area contributed by atoms with Gasteiger partial charge in [0.05, 0.1) is 0 Å². The Kier molecular flexibility index (Phi) is 36.5. The molecule has 150 heavy (non-hydrogen) atoms. The SMILES string of the molecule is FC(C(F)(F)F)C(F)(F)OOC(F)(F)C(F)(OC(F)(F)C(F)(OC(F)(F)C(F)(OC(F)(F)C(F)(OC(F)(F)C(F)(OC(F)(F)C(F)(OC(F)(F)C(F)(OC(F)(F)C(F)(OC(F)(F)C(F)(OC(F)(F)C(F)(OC(F)(F)C(F)(OC(F)(F)C(F)(OC(F)(F)C(F)(OC(F)(F)C(F)C(F)(F)F)C(F)(F)F)C(F)(F)F)C(F)(F)F)C(F)(F)F)C(F)(F)F)C(F)(F)F)C(F)(F)F)C(F)(F)F)C(F)(F)F)C(F)(F)F)C(F)(F)F)C(F)(F)F)C(F)(F)F. The average molecular weight is 2490 g/mol. The third-order valence-corrected chi connectivity index (χ3v) is 14.5. The lowest BCUT2D eigenvalue weighted by atomic mass is 10.1. The van der Waals surface area contributed by atoms with Gasteiger partial charge in [0.25, 0.3) is 12.3 Å². The van der Waals surface area contributed by atoms with Gasteiger partial charge in [-0.3, -0.25) is 61.6 Å². The van der Waals surface area contributed by atoms with Crippen LogP contribution in [0.25, 0.3) is 0 Å². The van der Waals surface area contributed by atoms with E-state index < -0.39 is 273 Å². The first-order valence-electron chi connectivity index (χ1n) is 30.6. The Labute approximate surface area is 740 Å². The molecule has 0 rings (SSSR count). The van der Waals surface area contributed by atoms with Crippen molar-refractivity contribution in [3.63, 3.8) is 0 Å². The monoisotopic (exact) mass is 2490 g/mol. The second-order valence-corrected chi connectivity index (χ2v) is 25.4. The first kappa shape index (κ1) is 143. The minimum Gasteiger partial charge on any atom is -0.265 e. The summed E-state index contributed by atoms with van der Waals surface area (Å²) < 4.78 is 1280. The van der Waals surface area contributed by atoms with E-state index in [1.807, 2.05) is 0 Å². The van der Waals surface area contributed by atoms with Crippen molar-refractivity contribution >= 4 is 0 Å². The lowest BCUT2D eigenvalue weighted by molar-refractivity contribution is -0.619. The van der Waals surface area contributed by atoms with E-state index in [1.165, 1.54) is 4.89 Å². The Morgan fingerprint density at radius 2 is 0.173 bits per heavy atom. The van der Waals surface area contributed by atoms with Crippen molar-refractivity contribution in [2.45, 2.75) is 273 Å². The highest BCUT2D eigenvalue weighted by Crippen LogP contribution is 2.70. The van der Waals surface area contributed by atoms with Crippen molar-refractivity contribution in [3.05, 3.63) is 0 Å². The normalized spacial score (nSPS) is 21.6. The molecule has 0 bridgehead atoms. The highest BCUT2D eigenvalue weighted by molar-refractivity contribution is 5.07.